The lowest BCUT2D eigenvalue weighted by Gasteiger charge is -2.10. The molecule has 0 aliphatic carbocycles. The van der Waals surface area contributed by atoms with Gasteiger partial charge in [-0.05, 0) is 24.1 Å². The summed E-state index contributed by atoms with van der Waals surface area (Å²) in [5.41, 5.74) is 2.20. The second kappa shape index (κ2) is 4.60. The minimum absolute atomic E-state index is 0.279. The third-order valence-corrected chi connectivity index (χ3v) is 2.84. The van der Waals surface area contributed by atoms with Gasteiger partial charge in [-0.3, -0.25) is 0 Å². The maximum atomic E-state index is 8.91. The van der Waals surface area contributed by atoms with Crippen molar-refractivity contribution in [3.8, 4) is 11.8 Å². The van der Waals surface area contributed by atoms with E-state index in [4.69, 9.17) is 16.9 Å². The van der Waals surface area contributed by atoms with Gasteiger partial charge < -0.3 is 0 Å². The van der Waals surface area contributed by atoms with Crippen molar-refractivity contribution in [1.82, 2.24) is 9.78 Å². The Kier molecular flexibility index (Phi) is 3.16. The zero-order chi connectivity index (χ0) is 12.4. The smallest absolute Gasteiger partial charge is 0.163 e. The van der Waals surface area contributed by atoms with Crippen molar-refractivity contribution in [1.29, 1.82) is 5.26 Å². The number of nitrogens with zero attached hydrogens (tertiary/aromatic N) is 3. The maximum Gasteiger partial charge on any atom is 0.163 e. The SMILES string of the molecule is CC(C)c1cc(C#N)nn1-c1ccccc1Cl. The van der Waals surface area contributed by atoms with E-state index in [-0.39, 0.29) is 5.92 Å². The molecule has 3 nitrogen and oxygen atoms in total. The molecule has 0 unspecified atom stereocenters. The Balaban J connectivity index is 2.63. The lowest BCUT2D eigenvalue weighted by atomic mass is 10.1. The Labute approximate surface area is 105 Å². The minimum atomic E-state index is 0.279. The standard InChI is InChI=1S/C13H12ClN3/c1-9(2)13-7-10(8-15)16-17(13)12-6-4-3-5-11(12)14/h3-7,9H,1-2H3. The number of aromatic nitrogens is 2. The van der Waals surface area contributed by atoms with Gasteiger partial charge in [-0.25, -0.2) is 4.68 Å². The molecule has 1 heterocycles. The van der Waals surface area contributed by atoms with Gasteiger partial charge in [-0.15, -0.1) is 0 Å². The summed E-state index contributed by atoms with van der Waals surface area (Å²) < 4.78 is 1.74. The van der Waals surface area contributed by atoms with E-state index in [0.29, 0.717) is 10.7 Å². The van der Waals surface area contributed by atoms with Crippen LogP contribution >= 0.6 is 11.6 Å². The van der Waals surface area contributed by atoms with Crippen LogP contribution in [0.2, 0.25) is 5.02 Å². The number of para-hydroxylation sites is 1. The van der Waals surface area contributed by atoms with Crippen LogP contribution < -0.4 is 0 Å². The summed E-state index contributed by atoms with van der Waals surface area (Å²) in [6.45, 7) is 4.12. The molecular weight excluding hydrogens is 234 g/mol. The Bertz CT molecular complexity index is 579. The van der Waals surface area contributed by atoms with E-state index in [0.717, 1.165) is 11.4 Å². The fourth-order valence-corrected chi connectivity index (χ4v) is 1.89. The van der Waals surface area contributed by atoms with E-state index in [1.165, 1.54) is 0 Å². The maximum absolute atomic E-state index is 8.91. The fourth-order valence-electron chi connectivity index (χ4n) is 1.68. The third kappa shape index (κ3) is 2.17. The van der Waals surface area contributed by atoms with Gasteiger partial charge in [0, 0.05) is 5.69 Å². The highest BCUT2D eigenvalue weighted by Crippen LogP contribution is 2.25. The van der Waals surface area contributed by atoms with Crippen LogP contribution in [0.15, 0.2) is 30.3 Å². The van der Waals surface area contributed by atoms with Gasteiger partial charge in [-0.1, -0.05) is 37.6 Å². The summed E-state index contributed by atoms with van der Waals surface area (Å²) in [7, 11) is 0. The summed E-state index contributed by atoms with van der Waals surface area (Å²) in [5, 5.41) is 13.8. The summed E-state index contributed by atoms with van der Waals surface area (Å²) in [5.74, 6) is 0.279. The molecule has 2 rings (SSSR count). The minimum Gasteiger partial charge on any atom is -0.235 e. The van der Waals surface area contributed by atoms with Crippen LogP contribution in [-0.2, 0) is 0 Å². The lowest BCUT2D eigenvalue weighted by molar-refractivity contribution is 0.733. The van der Waals surface area contributed by atoms with E-state index in [9.17, 15) is 0 Å². The highest BCUT2D eigenvalue weighted by molar-refractivity contribution is 6.32. The third-order valence-electron chi connectivity index (χ3n) is 2.52. The first kappa shape index (κ1) is 11.7. The Morgan fingerprint density at radius 1 is 1.35 bits per heavy atom. The predicted octanol–water partition coefficient (Wildman–Crippen LogP) is 3.52. The van der Waals surface area contributed by atoms with Crippen LogP contribution in [0.25, 0.3) is 5.69 Å². The number of hydrogen-bond donors (Lipinski definition) is 0. The number of rotatable bonds is 2. The van der Waals surface area contributed by atoms with Gasteiger partial charge in [0.25, 0.3) is 0 Å². The summed E-state index contributed by atoms with van der Waals surface area (Å²) >= 11 is 6.14. The zero-order valence-corrected chi connectivity index (χ0v) is 10.4. The second-order valence-electron chi connectivity index (χ2n) is 4.08. The molecule has 0 fully saturated rings. The van der Waals surface area contributed by atoms with Gasteiger partial charge in [0.2, 0.25) is 0 Å². The van der Waals surface area contributed by atoms with Crippen molar-refractivity contribution in [3.05, 3.63) is 46.7 Å². The lowest BCUT2D eigenvalue weighted by Crippen LogP contribution is -2.04. The van der Waals surface area contributed by atoms with Crippen molar-refractivity contribution in [2.45, 2.75) is 19.8 Å². The number of hydrogen-bond acceptors (Lipinski definition) is 2. The van der Waals surface area contributed by atoms with E-state index in [1.807, 2.05) is 24.3 Å². The first-order valence-corrected chi connectivity index (χ1v) is 5.76. The largest absolute Gasteiger partial charge is 0.235 e. The molecular formula is C13H12ClN3. The van der Waals surface area contributed by atoms with Gasteiger partial charge >= 0.3 is 0 Å². The molecule has 1 aromatic heterocycles. The molecule has 1 aromatic carbocycles. The van der Waals surface area contributed by atoms with Crippen LogP contribution in [0.4, 0.5) is 0 Å². The normalized spacial score (nSPS) is 10.5. The average molecular weight is 246 g/mol. The second-order valence-corrected chi connectivity index (χ2v) is 4.49. The van der Waals surface area contributed by atoms with Gasteiger partial charge in [-0.2, -0.15) is 10.4 Å². The van der Waals surface area contributed by atoms with Crippen molar-refractivity contribution >= 4 is 11.6 Å². The fraction of sp³-hybridized carbons (Fsp3) is 0.231. The molecule has 86 valence electrons. The number of nitriles is 1. The Hall–Kier alpha value is -1.79. The number of benzene rings is 1. The summed E-state index contributed by atoms with van der Waals surface area (Å²) in [4.78, 5) is 0. The molecule has 0 bridgehead atoms. The van der Waals surface area contributed by atoms with Crippen molar-refractivity contribution in [2.24, 2.45) is 0 Å². The van der Waals surface area contributed by atoms with Crippen LogP contribution in [-0.4, -0.2) is 9.78 Å². The molecule has 0 aliphatic rings. The zero-order valence-electron chi connectivity index (χ0n) is 9.68. The van der Waals surface area contributed by atoms with E-state index >= 15 is 0 Å². The topological polar surface area (TPSA) is 41.6 Å². The highest BCUT2D eigenvalue weighted by Gasteiger charge is 2.14. The quantitative estimate of drug-likeness (QED) is 0.812. The molecule has 2 aromatic rings. The van der Waals surface area contributed by atoms with E-state index < -0.39 is 0 Å². The Morgan fingerprint density at radius 3 is 2.65 bits per heavy atom. The monoisotopic (exact) mass is 245 g/mol. The van der Waals surface area contributed by atoms with Crippen LogP contribution in [0, 0.1) is 11.3 Å². The van der Waals surface area contributed by atoms with Gasteiger partial charge in [0.1, 0.15) is 6.07 Å². The van der Waals surface area contributed by atoms with Crippen LogP contribution in [0.1, 0.15) is 31.2 Å². The predicted molar refractivity (Wildman–Crippen MR) is 67.4 cm³/mol. The van der Waals surface area contributed by atoms with Gasteiger partial charge in [0.15, 0.2) is 5.69 Å². The van der Waals surface area contributed by atoms with Crippen molar-refractivity contribution in [3.63, 3.8) is 0 Å². The van der Waals surface area contributed by atoms with Gasteiger partial charge in [0.05, 0.1) is 10.7 Å². The summed E-state index contributed by atoms with van der Waals surface area (Å²) in [6.07, 6.45) is 0. The molecule has 0 N–H and O–H groups in total. The van der Waals surface area contributed by atoms with Crippen LogP contribution in [0.3, 0.4) is 0 Å². The molecule has 0 amide bonds. The molecule has 0 saturated carbocycles. The number of halogens is 1. The van der Waals surface area contributed by atoms with Crippen molar-refractivity contribution < 1.29 is 0 Å². The molecule has 0 aliphatic heterocycles. The molecule has 0 spiro atoms. The van der Waals surface area contributed by atoms with Crippen molar-refractivity contribution in [2.75, 3.05) is 0 Å². The molecule has 0 radical (unpaired) electrons. The van der Waals surface area contributed by atoms with E-state index in [1.54, 1.807) is 10.7 Å². The van der Waals surface area contributed by atoms with E-state index in [2.05, 4.69) is 25.0 Å². The summed E-state index contributed by atoms with van der Waals surface area (Å²) in [6, 6.07) is 11.3. The molecule has 17 heavy (non-hydrogen) atoms. The molecule has 0 saturated heterocycles. The first-order chi connectivity index (χ1) is 8.13. The van der Waals surface area contributed by atoms with Crippen LogP contribution in [0.5, 0.6) is 0 Å². The molecule has 0 atom stereocenters. The first-order valence-electron chi connectivity index (χ1n) is 5.38. The molecule has 4 heteroatoms. The average Bonchev–Trinajstić information content (AvgIpc) is 2.73. The Morgan fingerprint density at radius 2 is 2.06 bits per heavy atom. The highest BCUT2D eigenvalue weighted by atomic mass is 35.5.